The van der Waals surface area contributed by atoms with Crippen LogP contribution in [0, 0.1) is 5.92 Å². The minimum atomic E-state index is 0.0666. The number of aryl methyl sites for hydroxylation is 1. The van der Waals surface area contributed by atoms with Crippen molar-refractivity contribution in [2.45, 2.75) is 32.6 Å². The van der Waals surface area contributed by atoms with Crippen LogP contribution in [0.25, 0.3) is 0 Å². The normalized spacial score (nSPS) is 22.3. The smallest absolute Gasteiger partial charge is 0.246 e. The van der Waals surface area contributed by atoms with Crippen molar-refractivity contribution in [3.05, 3.63) is 40.8 Å². The molecule has 0 spiro atoms. The van der Waals surface area contributed by atoms with Crippen LogP contribution in [0.5, 0.6) is 0 Å². The molecule has 1 atom stereocenters. The van der Waals surface area contributed by atoms with Crippen LogP contribution in [0.4, 0.5) is 0 Å². The maximum absolute atomic E-state index is 13.0. The molecule has 3 heterocycles. The molecule has 2 amide bonds. The van der Waals surface area contributed by atoms with Crippen LogP contribution in [-0.4, -0.2) is 57.6 Å². The number of hydrogen-bond donors (Lipinski definition) is 0. The van der Waals surface area contributed by atoms with Gasteiger partial charge in [-0.2, -0.15) is 5.10 Å². The van der Waals surface area contributed by atoms with Crippen LogP contribution < -0.4 is 0 Å². The van der Waals surface area contributed by atoms with Gasteiger partial charge < -0.3 is 9.80 Å². The zero-order valence-corrected chi connectivity index (χ0v) is 15.6. The zero-order valence-electron chi connectivity index (χ0n) is 15.6. The van der Waals surface area contributed by atoms with Gasteiger partial charge in [-0.05, 0) is 48.5 Å². The highest BCUT2D eigenvalue weighted by Crippen LogP contribution is 2.31. The zero-order chi connectivity index (χ0) is 18.3. The second-order valence-electron chi connectivity index (χ2n) is 7.59. The summed E-state index contributed by atoms with van der Waals surface area (Å²) in [7, 11) is 1.97. The van der Waals surface area contributed by atoms with E-state index in [2.05, 4.69) is 5.10 Å². The fourth-order valence-electron chi connectivity index (χ4n) is 4.36. The van der Waals surface area contributed by atoms with Gasteiger partial charge in [0.05, 0.1) is 6.20 Å². The summed E-state index contributed by atoms with van der Waals surface area (Å²) in [4.78, 5) is 29.0. The molecule has 1 aromatic heterocycles. The number of hydrogen-bond acceptors (Lipinski definition) is 3. The lowest BCUT2D eigenvalue weighted by molar-refractivity contribution is -0.134. The van der Waals surface area contributed by atoms with Gasteiger partial charge in [0.15, 0.2) is 0 Å². The molecule has 1 unspecified atom stereocenters. The van der Waals surface area contributed by atoms with Crippen molar-refractivity contribution in [3.8, 4) is 0 Å². The Morgan fingerprint density at radius 1 is 1.19 bits per heavy atom. The third-order valence-electron chi connectivity index (χ3n) is 5.84. The van der Waals surface area contributed by atoms with E-state index in [0.29, 0.717) is 26.2 Å². The van der Waals surface area contributed by atoms with E-state index in [1.807, 2.05) is 40.7 Å². The van der Waals surface area contributed by atoms with E-state index >= 15 is 0 Å². The summed E-state index contributed by atoms with van der Waals surface area (Å²) in [5.41, 5.74) is 5.01. The van der Waals surface area contributed by atoms with Crippen LogP contribution >= 0.6 is 0 Å². The number of carbonyl (C=O) groups is 2. The van der Waals surface area contributed by atoms with E-state index in [9.17, 15) is 9.59 Å². The number of allylic oxidation sites excluding steroid dienone is 1. The van der Waals surface area contributed by atoms with E-state index in [1.54, 1.807) is 6.08 Å². The number of fused-ring (bicyclic) bond motifs is 1. The summed E-state index contributed by atoms with van der Waals surface area (Å²) in [5.74, 6) is 0.408. The first-order valence-corrected chi connectivity index (χ1v) is 9.50. The lowest BCUT2D eigenvalue weighted by Crippen LogP contribution is -2.40. The highest BCUT2D eigenvalue weighted by atomic mass is 16.2. The first-order chi connectivity index (χ1) is 12.6. The van der Waals surface area contributed by atoms with E-state index in [0.717, 1.165) is 25.7 Å². The Balaban J connectivity index is 1.34. The molecule has 0 saturated carbocycles. The minimum absolute atomic E-state index is 0.0666. The topological polar surface area (TPSA) is 58.4 Å². The summed E-state index contributed by atoms with van der Waals surface area (Å²) in [5, 5.41) is 4.32. The molecule has 0 saturated heterocycles. The van der Waals surface area contributed by atoms with Crippen LogP contribution in [0.3, 0.4) is 0 Å². The van der Waals surface area contributed by atoms with Gasteiger partial charge in [0.25, 0.3) is 0 Å². The monoisotopic (exact) mass is 354 g/mol. The molecular weight excluding hydrogens is 328 g/mol. The highest BCUT2D eigenvalue weighted by Gasteiger charge is 2.36. The summed E-state index contributed by atoms with van der Waals surface area (Å²) < 4.78 is 1.93. The Kier molecular flexibility index (Phi) is 4.42. The Morgan fingerprint density at radius 2 is 1.88 bits per heavy atom. The Labute approximate surface area is 154 Å². The summed E-state index contributed by atoms with van der Waals surface area (Å²) in [6.45, 7) is 4.74. The predicted molar refractivity (Wildman–Crippen MR) is 98.3 cm³/mol. The van der Waals surface area contributed by atoms with Gasteiger partial charge in [-0.3, -0.25) is 14.3 Å². The molecule has 0 fully saturated rings. The molecule has 1 aliphatic carbocycles. The number of amides is 2. The van der Waals surface area contributed by atoms with Crippen molar-refractivity contribution in [1.82, 2.24) is 19.6 Å². The highest BCUT2D eigenvalue weighted by molar-refractivity contribution is 5.89. The largest absolute Gasteiger partial charge is 0.334 e. The summed E-state index contributed by atoms with van der Waals surface area (Å²) in [6, 6.07) is 0. The molecule has 0 bridgehead atoms. The molecule has 3 aliphatic rings. The van der Waals surface area contributed by atoms with Crippen LogP contribution in [0.2, 0.25) is 0 Å². The van der Waals surface area contributed by atoms with Gasteiger partial charge in [0.1, 0.15) is 0 Å². The van der Waals surface area contributed by atoms with Gasteiger partial charge in [-0.1, -0.05) is 13.0 Å². The second kappa shape index (κ2) is 6.74. The van der Waals surface area contributed by atoms with Crippen molar-refractivity contribution in [1.29, 1.82) is 0 Å². The standard InChI is InChI=1S/C20H26N4O2/c1-3-4-5-19(25)23-10-16-12-24(13-17(16)11-23)20(26)14-6-7-18-15(8-14)9-21-22(18)2/h4-5,9,14H,3,6-8,10-13H2,1-2H3/b5-4+. The van der Waals surface area contributed by atoms with E-state index in [-0.39, 0.29) is 17.7 Å². The average Bonchev–Trinajstić information content (AvgIpc) is 3.32. The molecule has 6 heteroatoms. The second-order valence-corrected chi connectivity index (χ2v) is 7.59. The SMILES string of the molecule is CC/C=C/C(=O)N1CC2=C(C1)CN(C(=O)C1CCc3c(cnn3C)C1)C2. The van der Waals surface area contributed by atoms with Gasteiger partial charge >= 0.3 is 0 Å². The molecule has 6 nitrogen and oxygen atoms in total. The van der Waals surface area contributed by atoms with Crippen molar-refractivity contribution in [2.75, 3.05) is 26.2 Å². The van der Waals surface area contributed by atoms with Gasteiger partial charge in [0, 0.05) is 44.8 Å². The summed E-state index contributed by atoms with van der Waals surface area (Å²) >= 11 is 0. The van der Waals surface area contributed by atoms with Gasteiger partial charge in [-0.25, -0.2) is 0 Å². The van der Waals surface area contributed by atoms with Crippen molar-refractivity contribution in [2.24, 2.45) is 13.0 Å². The molecular formula is C20H26N4O2. The van der Waals surface area contributed by atoms with Crippen molar-refractivity contribution < 1.29 is 9.59 Å². The first-order valence-electron chi connectivity index (χ1n) is 9.50. The molecule has 1 aromatic rings. The molecule has 0 N–H and O–H groups in total. The number of rotatable bonds is 3. The number of carbonyl (C=O) groups excluding carboxylic acids is 2. The molecule has 26 heavy (non-hydrogen) atoms. The van der Waals surface area contributed by atoms with E-state index in [4.69, 9.17) is 0 Å². The van der Waals surface area contributed by atoms with Crippen molar-refractivity contribution >= 4 is 11.8 Å². The molecule has 0 aromatic carbocycles. The molecule has 0 radical (unpaired) electrons. The van der Waals surface area contributed by atoms with E-state index in [1.165, 1.54) is 22.4 Å². The van der Waals surface area contributed by atoms with Crippen LogP contribution in [0.15, 0.2) is 29.5 Å². The maximum Gasteiger partial charge on any atom is 0.246 e. The van der Waals surface area contributed by atoms with Gasteiger partial charge in [0.2, 0.25) is 11.8 Å². The third kappa shape index (κ3) is 2.97. The lowest BCUT2D eigenvalue weighted by Gasteiger charge is -2.28. The first kappa shape index (κ1) is 17.1. The third-order valence-corrected chi connectivity index (χ3v) is 5.84. The van der Waals surface area contributed by atoms with Crippen molar-refractivity contribution in [3.63, 3.8) is 0 Å². The lowest BCUT2D eigenvalue weighted by atomic mass is 9.86. The average molecular weight is 354 g/mol. The predicted octanol–water partition coefficient (Wildman–Crippen LogP) is 1.47. The quantitative estimate of drug-likeness (QED) is 0.610. The maximum atomic E-state index is 13.0. The molecule has 2 aliphatic heterocycles. The van der Waals surface area contributed by atoms with E-state index < -0.39 is 0 Å². The van der Waals surface area contributed by atoms with Crippen LogP contribution in [0.1, 0.15) is 31.0 Å². The van der Waals surface area contributed by atoms with Crippen LogP contribution in [-0.2, 0) is 29.5 Å². The number of nitrogens with zero attached hydrogens (tertiary/aromatic N) is 4. The number of aromatic nitrogens is 2. The minimum Gasteiger partial charge on any atom is -0.334 e. The Morgan fingerprint density at radius 3 is 2.58 bits per heavy atom. The Hall–Kier alpha value is -2.37. The Bertz CT molecular complexity index is 787. The summed E-state index contributed by atoms with van der Waals surface area (Å²) in [6.07, 6.45) is 8.97. The fraction of sp³-hybridized carbons (Fsp3) is 0.550. The molecule has 138 valence electrons. The van der Waals surface area contributed by atoms with Gasteiger partial charge in [-0.15, -0.1) is 0 Å². The fourth-order valence-corrected chi connectivity index (χ4v) is 4.36. The molecule has 4 rings (SSSR count).